The fourth-order valence-electron chi connectivity index (χ4n) is 3.25. The van der Waals surface area contributed by atoms with Crippen molar-refractivity contribution in [1.82, 2.24) is 5.32 Å². The van der Waals surface area contributed by atoms with Crippen molar-refractivity contribution in [1.29, 1.82) is 0 Å². The Morgan fingerprint density at radius 3 is 2.00 bits per heavy atom. The third-order valence-electron chi connectivity index (χ3n) is 5.10. The summed E-state index contributed by atoms with van der Waals surface area (Å²) in [6.07, 6.45) is 22.1. The van der Waals surface area contributed by atoms with Gasteiger partial charge in [0.15, 0.2) is 0 Å². The molecule has 4 nitrogen and oxygen atoms in total. The Bertz CT molecular complexity index is 426. The van der Waals surface area contributed by atoms with Crippen molar-refractivity contribution < 1.29 is 14.3 Å². The molecule has 0 aliphatic carbocycles. The number of allylic oxidation sites excluding steroid dienone is 2. The van der Waals surface area contributed by atoms with Crippen LogP contribution in [0.2, 0.25) is 11.1 Å². The molecule has 0 unspecified atom stereocenters. The van der Waals surface area contributed by atoms with Crippen molar-refractivity contribution in [2.45, 2.75) is 120 Å². The van der Waals surface area contributed by atoms with E-state index in [1.165, 1.54) is 77.7 Å². The predicted octanol–water partition coefficient (Wildman–Crippen LogP) is 6.24. The second-order valence-corrected chi connectivity index (χ2v) is 9.83. The van der Waals surface area contributed by atoms with Crippen LogP contribution in [0.15, 0.2) is 12.2 Å². The molecule has 1 amide bonds. The second kappa shape index (κ2) is 21.9. The second-order valence-electron chi connectivity index (χ2n) is 7.76. The van der Waals surface area contributed by atoms with E-state index in [1.807, 2.05) is 0 Å². The molecule has 0 saturated heterocycles. The number of nitrogens with one attached hydrogen (secondary N) is 1. The van der Waals surface area contributed by atoms with E-state index < -0.39 is 6.04 Å². The Hall–Kier alpha value is -0.801. The third-order valence-corrected chi connectivity index (χ3v) is 6.45. The van der Waals surface area contributed by atoms with Crippen molar-refractivity contribution in [3.05, 3.63) is 12.2 Å². The molecular formula is C24H45NO3Se. The molecule has 170 valence electrons. The molecule has 1 N–H and O–H groups in total. The minimum absolute atomic E-state index is 0.0263. The van der Waals surface area contributed by atoms with Crippen molar-refractivity contribution in [2.24, 2.45) is 0 Å². The Morgan fingerprint density at radius 1 is 0.897 bits per heavy atom. The fourth-order valence-corrected chi connectivity index (χ4v) is 4.24. The minimum atomic E-state index is -0.475. The number of amides is 1. The van der Waals surface area contributed by atoms with Crippen LogP contribution in [0.3, 0.4) is 0 Å². The van der Waals surface area contributed by atoms with Gasteiger partial charge in [-0.25, -0.2) is 0 Å². The van der Waals surface area contributed by atoms with Crippen LogP contribution in [0.5, 0.6) is 0 Å². The summed E-state index contributed by atoms with van der Waals surface area (Å²) < 4.78 is 4.79. The van der Waals surface area contributed by atoms with Gasteiger partial charge in [-0.3, -0.25) is 0 Å². The third kappa shape index (κ3) is 18.9. The Morgan fingerprint density at radius 2 is 1.45 bits per heavy atom. The maximum atomic E-state index is 12.0. The van der Waals surface area contributed by atoms with Gasteiger partial charge in [0.05, 0.1) is 0 Å². The molecule has 0 aliphatic rings. The van der Waals surface area contributed by atoms with Gasteiger partial charge in [-0.15, -0.1) is 0 Å². The van der Waals surface area contributed by atoms with E-state index in [0.29, 0.717) is 27.8 Å². The molecule has 0 rings (SSSR count). The molecule has 0 bridgehead atoms. The molecule has 0 heterocycles. The summed E-state index contributed by atoms with van der Waals surface area (Å²) in [6, 6.07) is -0.475. The summed E-state index contributed by atoms with van der Waals surface area (Å²) in [4.78, 5) is 23.8. The monoisotopic (exact) mass is 475 g/mol. The number of unbranched alkanes of at least 4 members (excludes halogenated alkanes) is 11. The van der Waals surface area contributed by atoms with Gasteiger partial charge in [0, 0.05) is 0 Å². The first kappa shape index (κ1) is 28.2. The molecule has 0 spiro atoms. The zero-order chi connectivity index (χ0) is 21.6. The molecule has 0 aliphatic heterocycles. The van der Waals surface area contributed by atoms with Crippen molar-refractivity contribution in [3.8, 4) is 0 Å². The molecule has 29 heavy (non-hydrogen) atoms. The van der Waals surface area contributed by atoms with E-state index in [-0.39, 0.29) is 11.9 Å². The van der Waals surface area contributed by atoms with E-state index >= 15 is 0 Å². The summed E-state index contributed by atoms with van der Waals surface area (Å²) in [5.74, 6) is 1.78. The number of methoxy groups -OCH3 is 1. The summed E-state index contributed by atoms with van der Waals surface area (Å²) in [6.45, 7) is 2.26. The maximum absolute atomic E-state index is 12.0. The van der Waals surface area contributed by atoms with Crippen LogP contribution in [0.25, 0.3) is 0 Å². The molecule has 0 aromatic rings. The number of hydrogen-bond acceptors (Lipinski definition) is 3. The Kier molecular flexibility index (Phi) is 21.3. The molecule has 0 aromatic carbocycles. The number of ether oxygens (including phenoxy) is 1. The molecule has 1 atom stereocenters. The average Bonchev–Trinajstić information content (AvgIpc) is 2.73. The normalized spacial score (nSPS) is 12.2. The molecule has 5 heteroatoms. The number of rotatable bonds is 20. The zero-order valence-electron chi connectivity index (χ0n) is 19.2. The topological polar surface area (TPSA) is 55.4 Å². The fraction of sp³-hybridized carbons (Fsp3) is 0.833. The van der Waals surface area contributed by atoms with Gasteiger partial charge < -0.3 is 0 Å². The molecular weight excluding hydrogens is 429 g/mol. The van der Waals surface area contributed by atoms with Gasteiger partial charge in [-0.1, -0.05) is 51.2 Å². The summed E-state index contributed by atoms with van der Waals surface area (Å²) in [7, 11) is 1.38. The number of esters is 1. The Labute approximate surface area is 186 Å². The predicted molar refractivity (Wildman–Crippen MR) is 124 cm³/mol. The van der Waals surface area contributed by atoms with Gasteiger partial charge >= 0.3 is 122 Å². The van der Waals surface area contributed by atoms with Crippen LogP contribution in [-0.4, -0.2) is 40.0 Å². The average molecular weight is 475 g/mol. The number of hydrogen-bond donors (Lipinski definition) is 1. The SMILES string of the molecule is CCCCCCCC/C=C\CCCCCCCC(=O)N[C@@H](CC[Se]C)C(=O)OC. The van der Waals surface area contributed by atoms with Gasteiger partial charge in [0.1, 0.15) is 0 Å². The summed E-state index contributed by atoms with van der Waals surface area (Å²) >= 11 is 0.500. The van der Waals surface area contributed by atoms with Crippen LogP contribution in [0, 0.1) is 0 Å². The van der Waals surface area contributed by atoms with Crippen LogP contribution >= 0.6 is 0 Å². The first-order valence-electron chi connectivity index (χ1n) is 11.7. The van der Waals surface area contributed by atoms with Gasteiger partial charge in [-0.05, 0) is 12.8 Å². The number of carbonyl (C=O) groups excluding carboxylic acids is 2. The van der Waals surface area contributed by atoms with E-state index in [1.54, 1.807) is 0 Å². The Balaban J connectivity index is 3.55. The van der Waals surface area contributed by atoms with Crippen molar-refractivity contribution in [3.63, 3.8) is 0 Å². The van der Waals surface area contributed by atoms with Crippen LogP contribution in [0.1, 0.15) is 103 Å². The first-order chi connectivity index (χ1) is 14.2. The summed E-state index contributed by atoms with van der Waals surface area (Å²) in [5, 5.41) is 3.81. The molecule has 0 aromatic heterocycles. The molecule has 0 saturated carbocycles. The van der Waals surface area contributed by atoms with Gasteiger partial charge in [0.25, 0.3) is 0 Å². The van der Waals surface area contributed by atoms with Crippen molar-refractivity contribution >= 4 is 26.8 Å². The quantitative estimate of drug-likeness (QED) is 0.0983. The van der Waals surface area contributed by atoms with E-state index in [2.05, 4.69) is 30.2 Å². The standard InChI is InChI=1S/C24H45NO3Se/c1-4-5-6-7-8-9-10-11-12-13-14-15-16-17-18-19-23(26)25-22(20-21-29-3)24(27)28-2/h11-12,22H,4-10,13-21H2,1-3H3,(H,25,26)/b12-11-/t22-/m0/s1. The van der Waals surface area contributed by atoms with Crippen LogP contribution in [0.4, 0.5) is 0 Å². The van der Waals surface area contributed by atoms with Crippen LogP contribution in [-0.2, 0) is 14.3 Å². The first-order valence-corrected chi connectivity index (χ1v) is 14.6. The van der Waals surface area contributed by atoms with E-state index in [9.17, 15) is 9.59 Å². The number of carbonyl (C=O) groups is 2. The van der Waals surface area contributed by atoms with Gasteiger partial charge in [-0.2, -0.15) is 0 Å². The van der Waals surface area contributed by atoms with Gasteiger partial charge in [0.2, 0.25) is 0 Å². The zero-order valence-corrected chi connectivity index (χ0v) is 20.9. The van der Waals surface area contributed by atoms with Crippen LogP contribution < -0.4 is 5.32 Å². The van der Waals surface area contributed by atoms with E-state index in [4.69, 9.17) is 4.74 Å². The summed E-state index contributed by atoms with van der Waals surface area (Å²) in [5.41, 5.74) is 0. The molecule has 0 radical (unpaired) electrons. The molecule has 0 fully saturated rings. The van der Waals surface area contributed by atoms with E-state index in [0.717, 1.165) is 18.2 Å². The van der Waals surface area contributed by atoms with Crippen molar-refractivity contribution in [2.75, 3.05) is 7.11 Å².